The molecular formula is C13H17NO3. The number of carbonyl (C=O) groups excluding carboxylic acids is 2. The number of carbonyl (C=O) groups is 2. The maximum atomic E-state index is 10.7. The second kappa shape index (κ2) is 5.48. The summed E-state index contributed by atoms with van der Waals surface area (Å²) in [5.41, 5.74) is 6.16. The van der Waals surface area contributed by atoms with Crippen molar-refractivity contribution in [2.45, 2.75) is 32.3 Å². The minimum absolute atomic E-state index is 0.574. The van der Waals surface area contributed by atoms with Crippen LogP contribution < -0.4 is 5.73 Å². The van der Waals surface area contributed by atoms with Gasteiger partial charge < -0.3 is 10.5 Å². The van der Waals surface area contributed by atoms with Crippen LogP contribution in [0, 0.1) is 0 Å². The predicted molar refractivity (Wildman–Crippen MR) is 64.9 cm³/mol. The Labute approximate surface area is 101 Å². The van der Waals surface area contributed by atoms with Crippen LogP contribution in [0.5, 0.6) is 0 Å². The van der Waals surface area contributed by atoms with Gasteiger partial charge in [0.05, 0.1) is 0 Å². The van der Waals surface area contributed by atoms with E-state index < -0.39 is 11.7 Å². The first-order valence-corrected chi connectivity index (χ1v) is 5.45. The third-order valence-electron chi connectivity index (χ3n) is 2.51. The SMILES string of the molecule is CC(C)(CCc1ccc(C=O)cc1)OC(N)=O. The number of primary amides is 1. The minimum Gasteiger partial charge on any atom is -0.444 e. The Morgan fingerprint density at radius 3 is 2.41 bits per heavy atom. The third-order valence-corrected chi connectivity index (χ3v) is 2.51. The molecule has 0 aromatic heterocycles. The van der Waals surface area contributed by atoms with E-state index in [-0.39, 0.29) is 0 Å². The highest BCUT2D eigenvalue weighted by Crippen LogP contribution is 2.18. The summed E-state index contributed by atoms with van der Waals surface area (Å²) < 4.78 is 4.99. The Morgan fingerprint density at radius 1 is 1.35 bits per heavy atom. The lowest BCUT2D eigenvalue weighted by molar-refractivity contribution is 0.0394. The van der Waals surface area contributed by atoms with Gasteiger partial charge in [0, 0.05) is 5.56 Å². The Bertz CT molecular complexity index is 396. The molecule has 2 N–H and O–H groups in total. The van der Waals surface area contributed by atoms with Gasteiger partial charge in [0.2, 0.25) is 0 Å². The second-order valence-electron chi connectivity index (χ2n) is 4.54. The topological polar surface area (TPSA) is 69.4 Å². The summed E-state index contributed by atoms with van der Waals surface area (Å²) in [6.45, 7) is 3.63. The molecular weight excluding hydrogens is 218 g/mol. The monoisotopic (exact) mass is 235 g/mol. The molecule has 0 spiro atoms. The first-order valence-electron chi connectivity index (χ1n) is 5.45. The van der Waals surface area contributed by atoms with Gasteiger partial charge in [-0.2, -0.15) is 0 Å². The van der Waals surface area contributed by atoms with Crippen molar-refractivity contribution in [3.05, 3.63) is 35.4 Å². The molecule has 0 heterocycles. The number of hydrogen-bond donors (Lipinski definition) is 1. The van der Waals surface area contributed by atoms with Crippen molar-refractivity contribution >= 4 is 12.4 Å². The molecule has 92 valence electrons. The number of benzene rings is 1. The molecule has 0 unspecified atom stereocenters. The molecule has 0 aliphatic carbocycles. The molecule has 1 rings (SSSR count). The number of hydrogen-bond acceptors (Lipinski definition) is 3. The van der Waals surface area contributed by atoms with Crippen molar-refractivity contribution in [1.82, 2.24) is 0 Å². The number of aryl methyl sites for hydroxylation is 1. The van der Waals surface area contributed by atoms with E-state index in [0.29, 0.717) is 12.0 Å². The number of ether oxygens (including phenoxy) is 1. The zero-order chi connectivity index (χ0) is 12.9. The standard InChI is InChI=1S/C13H17NO3/c1-13(2,17-12(14)16)8-7-10-3-5-11(9-15)6-4-10/h3-6,9H,7-8H2,1-2H3,(H2,14,16). The Kier molecular flexibility index (Phi) is 4.26. The Hall–Kier alpha value is -1.84. The molecule has 0 saturated carbocycles. The van der Waals surface area contributed by atoms with Gasteiger partial charge in [0.25, 0.3) is 0 Å². The molecule has 0 saturated heterocycles. The van der Waals surface area contributed by atoms with Crippen LogP contribution in [-0.2, 0) is 11.2 Å². The van der Waals surface area contributed by atoms with E-state index in [1.807, 2.05) is 26.0 Å². The van der Waals surface area contributed by atoms with Crippen molar-refractivity contribution < 1.29 is 14.3 Å². The largest absolute Gasteiger partial charge is 0.444 e. The first-order chi connectivity index (χ1) is 7.93. The van der Waals surface area contributed by atoms with E-state index >= 15 is 0 Å². The van der Waals surface area contributed by atoms with Crippen LogP contribution in [0.4, 0.5) is 4.79 Å². The Balaban J connectivity index is 2.54. The molecule has 4 nitrogen and oxygen atoms in total. The van der Waals surface area contributed by atoms with Crippen LogP contribution in [0.25, 0.3) is 0 Å². The molecule has 0 atom stereocenters. The van der Waals surface area contributed by atoms with Crippen molar-refractivity contribution in [1.29, 1.82) is 0 Å². The van der Waals surface area contributed by atoms with Gasteiger partial charge in [-0.15, -0.1) is 0 Å². The highest BCUT2D eigenvalue weighted by molar-refractivity contribution is 5.74. The average molecular weight is 235 g/mol. The summed E-state index contributed by atoms with van der Waals surface area (Å²) in [6.07, 6.45) is 1.49. The molecule has 1 amide bonds. The predicted octanol–water partition coefficient (Wildman–Crippen LogP) is 2.31. The molecule has 0 radical (unpaired) electrons. The van der Waals surface area contributed by atoms with Crippen molar-refractivity contribution in [3.8, 4) is 0 Å². The summed E-state index contributed by atoms with van der Waals surface area (Å²) in [5.74, 6) is 0. The molecule has 17 heavy (non-hydrogen) atoms. The summed E-state index contributed by atoms with van der Waals surface area (Å²) in [7, 11) is 0. The fourth-order valence-electron chi connectivity index (χ4n) is 1.53. The van der Waals surface area contributed by atoms with Crippen molar-refractivity contribution in [2.24, 2.45) is 5.73 Å². The summed E-state index contributed by atoms with van der Waals surface area (Å²) in [5, 5.41) is 0. The maximum absolute atomic E-state index is 10.7. The van der Waals surface area contributed by atoms with E-state index in [4.69, 9.17) is 10.5 Å². The quantitative estimate of drug-likeness (QED) is 0.796. The summed E-state index contributed by atoms with van der Waals surface area (Å²) in [6, 6.07) is 7.32. The van der Waals surface area contributed by atoms with Gasteiger partial charge in [-0.1, -0.05) is 24.3 Å². The van der Waals surface area contributed by atoms with Crippen LogP contribution in [0.15, 0.2) is 24.3 Å². The van der Waals surface area contributed by atoms with E-state index in [1.54, 1.807) is 12.1 Å². The van der Waals surface area contributed by atoms with Gasteiger partial charge >= 0.3 is 6.09 Å². The number of amides is 1. The number of rotatable bonds is 5. The highest BCUT2D eigenvalue weighted by atomic mass is 16.6. The lowest BCUT2D eigenvalue weighted by Crippen LogP contribution is -2.31. The molecule has 1 aromatic carbocycles. The molecule has 0 aliphatic heterocycles. The zero-order valence-electron chi connectivity index (χ0n) is 10.1. The second-order valence-corrected chi connectivity index (χ2v) is 4.54. The van der Waals surface area contributed by atoms with Gasteiger partial charge in [-0.3, -0.25) is 4.79 Å². The van der Waals surface area contributed by atoms with Crippen LogP contribution in [0.1, 0.15) is 36.2 Å². The molecule has 0 fully saturated rings. The van der Waals surface area contributed by atoms with Gasteiger partial charge in [0.15, 0.2) is 0 Å². The molecule has 0 aliphatic rings. The van der Waals surface area contributed by atoms with Crippen molar-refractivity contribution in [2.75, 3.05) is 0 Å². The average Bonchev–Trinajstić information content (AvgIpc) is 2.25. The number of nitrogens with two attached hydrogens (primary N) is 1. The van der Waals surface area contributed by atoms with Crippen LogP contribution >= 0.6 is 0 Å². The highest BCUT2D eigenvalue weighted by Gasteiger charge is 2.21. The first kappa shape index (κ1) is 13.2. The molecule has 1 aromatic rings. The zero-order valence-corrected chi connectivity index (χ0v) is 10.1. The van der Waals surface area contributed by atoms with E-state index in [1.165, 1.54) is 0 Å². The van der Waals surface area contributed by atoms with Crippen LogP contribution in [-0.4, -0.2) is 18.0 Å². The van der Waals surface area contributed by atoms with E-state index in [9.17, 15) is 9.59 Å². The lowest BCUT2D eigenvalue weighted by atomic mass is 9.98. The lowest BCUT2D eigenvalue weighted by Gasteiger charge is -2.23. The normalized spacial score (nSPS) is 10.9. The molecule has 4 heteroatoms. The Morgan fingerprint density at radius 2 is 1.94 bits per heavy atom. The number of aldehydes is 1. The van der Waals surface area contributed by atoms with Gasteiger partial charge in [-0.25, -0.2) is 4.79 Å². The van der Waals surface area contributed by atoms with E-state index in [2.05, 4.69) is 0 Å². The fraction of sp³-hybridized carbons (Fsp3) is 0.385. The van der Waals surface area contributed by atoms with Gasteiger partial charge in [-0.05, 0) is 32.3 Å². The minimum atomic E-state index is -0.758. The van der Waals surface area contributed by atoms with Gasteiger partial charge in [0.1, 0.15) is 11.9 Å². The fourth-order valence-corrected chi connectivity index (χ4v) is 1.53. The summed E-state index contributed by atoms with van der Waals surface area (Å²) >= 11 is 0. The smallest absolute Gasteiger partial charge is 0.405 e. The van der Waals surface area contributed by atoms with Crippen molar-refractivity contribution in [3.63, 3.8) is 0 Å². The van der Waals surface area contributed by atoms with E-state index in [0.717, 1.165) is 18.3 Å². The molecule has 0 bridgehead atoms. The third kappa shape index (κ3) is 4.68. The maximum Gasteiger partial charge on any atom is 0.405 e. The van der Waals surface area contributed by atoms with Crippen LogP contribution in [0.2, 0.25) is 0 Å². The van der Waals surface area contributed by atoms with Crippen LogP contribution in [0.3, 0.4) is 0 Å². The summed E-state index contributed by atoms with van der Waals surface area (Å²) in [4.78, 5) is 21.2.